The number of anilines is 1. The summed E-state index contributed by atoms with van der Waals surface area (Å²) in [7, 11) is 0. The van der Waals surface area contributed by atoms with E-state index in [0.717, 1.165) is 5.69 Å². The molecule has 0 aliphatic carbocycles. The highest BCUT2D eigenvalue weighted by Crippen LogP contribution is 2.21. The van der Waals surface area contributed by atoms with E-state index in [9.17, 15) is 14.9 Å². The molecule has 0 unspecified atom stereocenters. The number of nitro groups is 1. The van der Waals surface area contributed by atoms with Crippen molar-refractivity contribution in [2.45, 2.75) is 0 Å². The van der Waals surface area contributed by atoms with E-state index in [1.165, 1.54) is 35.1 Å². The third-order valence-corrected chi connectivity index (χ3v) is 3.39. The number of nitrogen functional groups attached to an aromatic ring is 1. The largest absolute Gasteiger partial charge is 0.383 e. The van der Waals surface area contributed by atoms with Crippen LogP contribution in [0.15, 0.2) is 60.8 Å². The van der Waals surface area contributed by atoms with Gasteiger partial charge in [0, 0.05) is 17.7 Å². The molecule has 7 heteroatoms. The third kappa shape index (κ3) is 2.67. The van der Waals surface area contributed by atoms with Gasteiger partial charge in [-0.3, -0.25) is 14.9 Å². The number of carbonyl (C=O) groups excluding carboxylic acids is 1. The molecule has 0 spiro atoms. The molecule has 3 rings (SSSR count). The first-order chi connectivity index (χ1) is 11.1. The summed E-state index contributed by atoms with van der Waals surface area (Å²) < 4.78 is 1.47. The molecular weight excluding hydrogens is 296 g/mol. The second-order valence-corrected chi connectivity index (χ2v) is 4.82. The van der Waals surface area contributed by atoms with Crippen LogP contribution in [0.4, 0.5) is 11.5 Å². The standard InChI is InChI=1S/C16H12N4O3/c17-16-14(10-18-19(16)12-4-2-1-3-5-12)15(21)11-6-8-13(9-7-11)20(22)23/h1-10H,17H2. The second kappa shape index (κ2) is 5.72. The van der Waals surface area contributed by atoms with E-state index in [-0.39, 0.29) is 22.9 Å². The van der Waals surface area contributed by atoms with Gasteiger partial charge in [-0.1, -0.05) is 18.2 Å². The summed E-state index contributed by atoms with van der Waals surface area (Å²) in [5.41, 5.74) is 7.26. The minimum Gasteiger partial charge on any atom is -0.383 e. The Hall–Kier alpha value is -3.48. The second-order valence-electron chi connectivity index (χ2n) is 4.82. The number of benzene rings is 2. The lowest BCUT2D eigenvalue weighted by Gasteiger charge is -2.04. The predicted octanol–water partition coefficient (Wildman–Crippen LogP) is 2.59. The zero-order valence-electron chi connectivity index (χ0n) is 11.9. The van der Waals surface area contributed by atoms with Gasteiger partial charge < -0.3 is 5.73 Å². The molecule has 0 atom stereocenters. The first-order valence-electron chi connectivity index (χ1n) is 6.76. The normalized spacial score (nSPS) is 10.4. The van der Waals surface area contributed by atoms with Crippen molar-refractivity contribution in [2.75, 3.05) is 5.73 Å². The molecule has 114 valence electrons. The monoisotopic (exact) mass is 308 g/mol. The number of ketones is 1. The van der Waals surface area contributed by atoms with Crippen molar-refractivity contribution in [3.05, 3.63) is 82.0 Å². The zero-order chi connectivity index (χ0) is 16.4. The van der Waals surface area contributed by atoms with Gasteiger partial charge in [0.15, 0.2) is 5.78 Å². The molecule has 0 aliphatic rings. The van der Waals surface area contributed by atoms with Crippen molar-refractivity contribution in [1.82, 2.24) is 9.78 Å². The molecule has 3 aromatic rings. The Morgan fingerprint density at radius 2 is 1.74 bits per heavy atom. The van der Waals surface area contributed by atoms with E-state index in [4.69, 9.17) is 5.73 Å². The lowest BCUT2D eigenvalue weighted by molar-refractivity contribution is -0.384. The number of rotatable bonds is 4. The van der Waals surface area contributed by atoms with Crippen molar-refractivity contribution >= 4 is 17.3 Å². The summed E-state index contributed by atoms with van der Waals surface area (Å²) in [6.07, 6.45) is 1.39. The van der Waals surface area contributed by atoms with E-state index < -0.39 is 4.92 Å². The van der Waals surface area contributed by atoms with Gasteiger partial charge in [-0.25, -0.2) is 4.68 Å². The number of nitrogens with zero attached hydrogens (tertiary/aromatic N) is 3. The maximum Gasteiger partial charge on any atom is 0.269 e. The topological polar surface area (TPSA) is 104 Å². The Bertz CT molecular complexity index is 870. The number of nitrogens with two attached hydrogens (primary N) is 1. The van der Waals surface area contributed by atoms with Crippen LogP contribution in [0.2, 0.25) is 0 Å². The highest BCUT2D eigenvalue weighted by atomic mass is 16.6. The van der Waals surface area contributed by atoms with Crippen molar-refractivity contribution in [2.24, 2.45) is 0 Å². The third-order valence-electron chi connectivity index (χ3n) is 3.39. The molecule has 7 nitrogen and oxygen atoms in total. The molecule has 0 aliphatic heterocycles. The molecule has 1 heterocycles. The van der Waals surface area contributed by atoms with Crippen LogP contribution in [0.1, 0.15) is 15.9 Å². The van der Waals surface area contributed by atoms with Crippen LogP contribution in [0.3, 0.4) is 0 Å². The number of hydrogen-bond acceptors (Lipinski definition) is 5. The van der Waals surface area contributed by atoms with Crippen LogP contribution in [0.25, 0.3) is 5.69 Å². The van der Waals surface area contributed by atoms with Crippen molar-refractivity contribution in [3.63, 3.8) is 0 Å². The average Bonchev–Trinajstić information content (AvgIpc) is 2.96. The maximum absolute atomic E-state index is 12.5. The minimum atomic E-state index is -0.518. The molecular formula is C16H12N4O3. The molecule has 23 heavy (non-hydrogen) atoms. The first kappa shape index (κ1) is 14.5. The van der Waals surface area contributed by atoms with Crippen LogP contribution in [0.5, 0.6) is 0 Å². The SMILES string of the molecule is Nc1c(C(=O)c2ccc([N+](=O)[O-])cc2)cnn1-c1ccccc1. The van der Waals surface area contributed by atoms with Gasteiger partial charge in [-0.2, -0.15) is 5.10 Å². The molecule has 0 radical (unpaired) electrons. The zero-order valence-corrected chi connectivity index (χ0v) is 11.9. The Balaban J connectivity index is 1.94. The fraction of sp³-hybridized carbons (Fsp3) is 0. The Morgan fingerprint density at radius 3 is 2.35 bits per heavy atom. The number of hydrogen-bond donors (Lipinski definition) is 1. The maximum atomic E-state index is 12.5. The van der Waals surface area contributed by atoms with Crippen molar-refractivity contribution in [3.8, 4) is 5.69 Å². The van der Waals surface area contributed by atoms with E-state index in [2.05, 4.69) is 5.10 Å². The van der Waals surface area contributed by atoms with Crippen LogP contribution in [-0.4, -0.2) is 20.5 Å². The smallest absolute Gasteiger partial charge is 0.269 e. The molecule has 2 N–H and O–H groups in total. The summed E-state index contributed by atoms with van der Waals surface area (Å²) in [6, 6.07) is 14.6. The summed E-state index contributed by atoms with van der Waals surface area (Å²) in [5, 5.41) is 14.8. The summed E-state index contributed by atoms with van der Waals surface area (Å²) in [5.74, 6) is -0.112. The van der Waals surface area contributed by atoms with Crippen LogP contribution in [-0.2, 0) is 0 Å². The number of aromatic nitrogens is 2. The van der Waals surface area contributed by atoms with E-state index in [1.807, 2.05) is 30.3 Å². The quantitative estimate of drug-likeness (QED) is 0.453. The van der Waals surface area contributed by atoms with Gasteiger partial charge in [0.25, 0.3) is 5.69 Å². The van der Waals surface area contributed by atoms with Crippen LogP contribution >= 0.6 is 0 Å². The van der Waals surface area contributed by atoms with Gasteiger partial charge in [-0.15, -0.1) is 0 Å². The van der Waals surface area contributed by atoms with Crippen LogP contribution in [0, 0.1) is 10.1 Å². The van der Waals surface area contributed by atoms with Gasteiger partial charge in [0.05, 0.1) is 22.4 Å². The van der Waals surface area contributed by atoms with Crippen molar-refractivity contribution in [1.29, 1.82) is 0 Å². The summed E-state index contributed by atoms with van der Waals surface area (Å²) in [6.45, 7) is 0. The van der Waals surface area contributed by atoms with Gasteiger partial charge >= 0.3 is 0 Å². The minimum absolute atomic E-state index is 0.0745. The van der Waals surface area contributed by atoms with Gasteiger partial charge in [0.2, 0.25) is 0 Å². The fourth-order valence-electron chi connectivity index (χ4n) is 2.20. The Morgan fingerprint density at radius 1 is 1.09 bits per heavy atom. The first-order valence-corrected chi connectivity index (χ1v) is 6.76. The number of para-hydroxylation sites is 1. The van der Waals surface area contributed by atoms with Crippen molar-refractivity contribution < 1.29 is 9.72 Å². The van der Waals surface area contributed by atoms with Gasteiger partial charge in [-0.05, 0) is 24.3 Å². The molecule has 0 saturated heterocycles. The molecule has 1 aromatic heterocycles. The van der Waals surface area contributed by atoms with Crippen LogP contribution < -0.4 is 5.73 Å². The number of carbonyl (C=O) groups is 1. The molecule has 0 saturated carbocycles. The molecule has 0 amide bonds. The van der Waals surface area contributed by atoms with E-state index in [1.54, 1.807) is 0 Å². The molecule has 2 aromatic carbocycles. The fourth-order valence-corrected chi connectivity index (χ4v) is 2.20. The Labute approximate surface area is 131 Å². The molecule has 0 bridgehead atoms. The molecule has 0 fully saturated rings. The summed E-state index contributed by atoms with van der Waals surface area (Å²) >= 11 is 0. The Kier molecular flexibility index (Phi) is 3.60. The lowest BCUT2D eigenvalue weighted by Crippen LogP contribution is -2.07. The lowest BCUT2D eigenvalue weighted by atomic mass is 10.1. The summed E-state index contributed by atoms with van der Waals surface area (Å²) in [4.78, 5) is 22.6. The average molecular weight is 308 g/mol. The van der Waals surface area contributed by atoms with Gasteiger partial charge in [0.1, 0.15) is 5.82 Å². The highest BCUT2D eigenvalue weighted by molar-refractivity contribution is 6.11. The predicted molar refractivity (Wildman–Crippen MR) is 84.5 cm³/mol. The number of nitro benzene ring substituents is 1. The highest BCUT2D eigenvalue weighted by Gasteiger charge is 2.18. The van der Waals surface area contributed by atoms with E-state index >= 15 is 0 Å². The van der Waals surface area contributed by atoms with E-state index in [0.29, 0.717) is 5.56 Å². The number of non-ortho nitro benzene ring substituents is 1.